The van der Waals surface area contributed by atoms with Crippen LogP contribution in [0.3, 0.4) is 0 Å². The van der Waals surface area contributed by atoms with Crippen molar-refractivity contribution in [1.29, 1.82) is 0 Å². The highest BCUT2D eigenvalue weighted by Crippen LogP contribution is 2.38. The van der Waals surface area contributed by atoms with Crippen molar-refractivity contribution in [3.8, 4) is 0 Å². The van der Waals surface area contributed by atoms with Crippen LogP contribution in [0.1, 0.15) is 32.1 Å². The maximum absolute atomic E-state index is 12.2. The third-order valence-electron chi connectivity index (χ3n) is 3.10. The Morgan fingerprint density at radius 2 is 1.93 bits per heavy atom. The molecule has 0 N–H and O–H groups in total. The second-order valence-electron chi connectivity index (χ2n) is 4.39. The molecule has 4 nitrogen and oxygen atoms in total. The van der Waals surface area contributed by atoms with E-state index < -0.39 is 5.60 Å². The number of hydrogen-bond donors (Lipinski definition) is 0. The van der Waals surface area contributed by atoms with Gasteiger partial charge in [0, 0.05) is 14.1 Å². The Kier molecular flexibility index (Phi) is 2.68. The molecule has 1 aliphatic heterocycles. The second kappa shape index (κ2) is 3.72. The standard InChI is InChI=1S/C10H16N2O2S/c1-11(2)12-8(13)10(14-9(12)15)6-4-3-5-7-10/h3-7H2,1-2H3. The summed E-state index contributed by atoms with van der Waals surface area (Å²) < 4.78 is 5.64. The zero-order chi connectivity index (χ0) is 11.1. The predicted molar refractivity (Wildman–Crippen MR) is 60.0 cm³/mol. The summed E-state index contributed by atoms with van der Waals surface area (Å²) in [5.41, 5.74) is -0.639. The highest BCUT2D eigenvalue weighted by atomic mass is 32.1. The minimum absolute atomic E-state index is 0.0113. The van der Waals surface area contributed by atoms with Crippen LogP contribution >= 0.6 is 12.2 Å². The predicted octanol–water partition coefficient (Wildman–Crippen LogP) is 1.31. The van der Waals surface area contributed by atoms with Crippen molar-refractivity contribution in [2.24, 2.45) is 0 Å². The van der Waals surface area contributed by atoms with Gasteiger partial charge in [-0.2, -0.15) is 5.01 Å². The van der Waals surface area contributed by atoms with Crippen molar-refractivity contribution in [1.82, 2.24) is 10.0 Å². The van der Waals surface area contributed by atoms with Crippen molar-refractivity contribution < 1.29 is 9.53 Å². The zero-order valence-corrected chi connectivity index (χ0v) is 9.97. The third kappa shape index (κ3) is 1.63. The number of nitrogens with zero attached hydrogens (tertiary/aromatic N) is 2. The Morgan fingerprint density at radius 1 is 1.33 bits per heavy atom. The Morgan fingerprint density at radius 3 is 2.40 bits per heavy atom. The molecule has 2 rings (SSSR count). The molecule has 0 unspecified atom stereocenters. The van der Waals surface area contributed by atoms with Crippen LogP contribution in [0.15, 0.2) is 0 Å². The topological polar surface area (TPSA) is 32.8 Å². The summed E-state index contributed by atoms with van der Waals surface area (Å²) in [5.74, 6) is 0.0113. The molecule has 1 heterocycles. The fourth-order valence-electron chi connectivity index (χ4n) is 2.31. The first-order valence-corrected chi connectivity index (χ1v) is 5.72. The average Bonchev–Trinajstić information content (AvgIpc) is 2.40. The van der Waals surface area contributed by atoms with Crippen LogP contribution < -0.4 is 0 Å². The maximum atomic E-state index is 12.2. The van der Waals surface area contributed by atoms with Crippen LogP contribution in [0.5, 0.6) is 0 Å². The largest absolute Gasteiger partial charge is 0.453 e. The van der Waals surface area contributed by atoms with E-state index in [2.05, 4.69) is 0 Å². The van der Waals surface area contributed by atoms with Crippen LogP contribution in [0.4, 0.5) is 0 Å². The molecular formula is C10H16N2O2S. The lowest BCUT2D eigenvalue weighted by Gasteiger charge is -2.29. The summed E-state index contributed by atoms with van der Waals surface area (Å²) in [6.07, 6.45) is 4.89. The zero-order valence-electron chi connectivity index (χ0n) is 9.15. The van der Waals surface area contributed by atoms with E-state index in [1.54, 1.807) is 19.1 Å². The smallest absolute Gasteiger partial charge is 0.289 e. The van der Waals surface area contributed by atoms with Gasteiger partial charge < -0.3 is 4.74 Å². The van der Waals surface area contributed by atoms with Gasteiger partial charge >= 0.3 is 0 Å². The van der Waals surface area contributed by atoms with Gasteiger partial charge in [-0.1, -0.05) is 6.42 Å². The third-order valence-corrected chi connectivity index (χ3v) is 3.36. The van der Waals surface area contributed by atoms with E-state index in [1.807, 2.05) is 0 Å². The van der Waals surface area contributed by atoms with Crippen LogP contribution in [0.25, 0.3) is 0 Å². The van der Waals surface area contributed by atoms with Gasteiger partial charge in [0.1, 0.15) is 0 Å². The van der Waals surface area contributed by atoms with Crippen LogP contribution in [0, 0.1) is 0 Å². The molecule has 84 valence electrons. The molecule has 2 fully saturated rings. The molecule has 1 amide bonds. The molecule has 2 aliphatic rings. The Balaban J connectivity index is 2.23. The molecule has 0 aromatic rings. The molecule has 0 radical (unpaired) electrons. The minimum Gasteiger partial charge on any atom is -0.453 e. The van der Waals surface area contributed by atoms with Crippen molar-refractivity contribution in [3.63, 3.8) is 0 Å². The molecule has 15 heavy (non-hydrogen) atoms. The Labute approximate surface area is 95.1 Å². The fraction of sp³-hybridized carbons (Fsp3) is 0.800. The SMILES string of the molecule is CN(C)N1C(=O)C2(CCCCC2)OC1=S. The minimum atomic E-state index is -0.639. The molecule has 0 bridgehead atoms. The van der Waals surface area contributed by atoms with Crippen molar-refractivity contribution in [2.45, 2.75) is 37.7 Å². The Bertz CT molecular complexity index is 298. The summed E-state index contributed by atoms with van der Waals surface area (Å²) in [6.45, 7) is 0. The van der Waals surface area contributed by atoms with E-state index in [4.69, 9.17) is 17.0 Å². The summed E-state index contributed by atoms with van der Waals surface area (Å²) in [7, 11) is 3.60. The van der Waals surface area contributed by atoms with E-state index in [0.717, 1.165) is 25.7 Å². The van der Waals surface area contributed by atoms with Gasteiger partial charge in [-0.25, -0.2) is 5.01 Å². The second-order valence-corrected chi connectivity index (χ2v) is 4.74. The lowest BCUT2D eigenvalue weighted by molar-refractivity contribution is -0.145. The lowest BCUT2D eigenvalue weighted by atomic mass is 9.84. The molecule has 0 aromatic heterocycles. The van der Waals surface area contributed by atoms with Crippen LogP contribution in [-0.2, 0) is 9.53 Å². The number of carbonyl (C=O) groups is 1. The monoisotopic (exact) mass is 228 g/mol. The van der Waals surface area contributed by atoms with Gasteiger partial charge in [0.25, 0.3) is 11.1 Å². The molecular weight excluding hydrogens is 212 g/mol. The number of ether oxygens (including phenoxy) is 1. The van der Waals surface area contributed by atoms with Crippen molar-refractivity contribution >= 4 is 23.3 Å². The highest BCUT2D eigenvalue weighted by molar-refractivity contribution is 7.80. The molecule has 1 saturated carbocycles. The molecule has 1 aliphatic carbocycles. The molecule has 1 spiro atoms. The van der Waals surface area contributed by atoms with E-state index >= 15 is 0 Å². The van der Waals surface area contributed by atoms with Gasteiger partial charge in [-0.3, -0.25) is 4.79 Å². The van der Waals surface area contributed by atoms with Crippen LogP contribution in [0.2, 0.25) is 0 Å². The summed E-state index contributed by atoms with van der Waals surface area (Å²) in [5, 5.41) is 3.45. The first kappa shape index (κ1) is 10.8. The maximum Gasteiger partial charge on any atom is 0.289 e. The number of hydrogen-bond acceptors (Lipinski definition) is 4. The van der Waals surface area contributed by atoms with E-state index in [-0.39, 0.29) is 5.91 Å². The lowest BCUT2D eigenvalue weighted by Crippen LogP contribution is -2.47. The number of thiocarbonyl (C=S) groups is 1. The quantitative estimate of drug-likeness (QED) is 0.634. The first-order chi connectivity index (χ1) is 7.07. The van der Waals surface area contributed by atoms with Crippen molar-refractivity contribution in [3.05, 3.63) is 0 Å². The molecule has 5 heteroatoms. The summed E-state index contributed by atoms with van der Waals surface area (Å²) >= 11 is 5.09. The number of carbonyl (C=O) groups excluding carboxylic acids is 1. The number of rotatable bonds is 1. The van der Waals surface area contributed by atoms with Gasteiger partial charge in [0.15, 0.2) is 5.60 Å². The van der Waals surface area contributed by atoms with E-state index in [9.17, 15) is 4.79 Å². The normalized spacial score (nSPS) is 25.1. The first-order valence-electron chi connectivity index (χ1n) is 5.32. The highest BCUT2D eigenvalue weighted by Gasteiger charge is 2.53. The fourth-order valence-corrected chi connectivity index (χ4v) is 2.72. The molecule has 0 atom stereocenters. The van der Waals surface area contributed by atoms with E-state index in [1.165, 1.54) is 11.4 Å². The summed E-state index contributed by atoms with van der Waals surface area (Å²) in [4.78, 5) is 12.2. The summed E-state index contributed by atoms with van der Waals surface area (Å²) in [6, 6.07) is 0. The Hall–Kier alpha value is -0.680. The van der Waals surface area contributed by atoms with Crippen molar-refractivity contribution in [2.75, 3.05) is 14.1 Å². The number of hydrazine groups is 1. The average molecular weight is 228 g/mol. The van der Waals surface area contributed by atoms with E-state index in [0.29, 0.717) is 5.17 Å². The van der Waals surface area contributed by atoms with Gasteiger partial charge in [0.2, 0.25) is 0 Å². The van der Waals surface area contributed by atoms with Gasteiger partial charge in [0.05, 0.1) is 0 Å². The number of amides is 1. The van der Waals surface area contributed by atoms with Crippen LogP contribution in [-0.4, -0.2) is 40.8 Å². The molecule has 1 saturated heterocycles. The molecule has 0 aromatic carbocycles. The van der Waals surface area contributed by atoms with Gasteiger partial charge in [-0.05, 0) is 37.9 Å². The van der Waals surface area contributed by atoms with Gasteiger partial charge in [-0.15, -0.1) is 0 Å².